The van der Waals surface area contributed by atoms with Crippen molar-refractivity contribution in [1.29, 1.82) is 0 Å². The molecule has 0 aromatic rings. The average Bonchev–Trinajstić information content (AvgIpc) is 2.25. The number of hydrogen-bond acceptors (Lipinski definition) is 5. The van der Waals surface area contributed by atoms with Crippen LogP contribution in [0.25, 0.3) is 0 Å². The summed E-state index contributed by atoms with van der Waals surface area (Å²) in [4.78, 5) is 13.8. The predicted octanol–water partition coefficient (Wildman–Crippen LogP) is 0.190. The van der Waals surface area contributed by atoms with Gasteiger partial charge in [0.25, 0.3) is 0 Å². The summed E-state index contributed by atoms with van der Waals surface area (Å²) < 4.78 is 10.8. The molecule has 2 heterocycles. The molecule has 0 aromatic heterocycles. The Morgan fingerprint density at radius 2 is 1.95 bits per heavy atom. The molecule has 2 atom stereocenters. The zero-order valence-electron chi connectivity index (χ0n) is 11.9. The number of likely N-dealkylation sites (tertiary alicyclic amines) is 1. The van der Waals surface area contributed by atoms with Crippen LogP contribution in [0.2, 0.25) is 0 Å². The second-order valence-corrected chi connectivity index (χ2v) is 6.51. The minimum Gasteiger partial charge on any atom is -0.444 e. The van der Waals surface area contributed by atoms with E-state index >= 15 is 0 Å². The van der Waals surface area contributed by atoms with Crippen molar-refractivity contribution in [1.82, 2.24) is 4.90 Å². The van der Waals surface area contributed by atoms with E-state index in [4.69, 9.17) is 15.2 Å². The lowest BCUT2D eigenvalue weighted by molar-refractivity contribution is -0.182. The Balaban J connectivity index is 2.07. The molecule has 6 nitrogen and oxygen atoms in total. The fourth-order valence-electron chi connectivity index (χ4n) is 2.81. The van der Waals surface area contributed by atoms with Crippen molar-refractivity contribution >= 4 is 6.09 Å². The minimum absolute atomic E-state index is 0.141. The molecule has 1 amide bonds. The summed E-state index contributed by atoms with van der Waals surface area (Å²) >= 11 is 0. The molecule has 2 saturated heterocycles. The molecule has 2 unspecified atom stereocenters. The lowest BCUT2D eigenvalue weighted by Crippen LogP contribution is -2.67. The van der Waals surface area contributed by atoms with Crippen LogP contribution in [0.4, 0.5) is 4.79 Å². The second-order valence-electron chi connectivity index (χ2n) is 6.51. The number of nitrogens with zero attached hydrogens (tertiary/aromatic N) is 1. The molecule has 2 aliphatic heterocycles. The lowest BCUT2D eigenvalue weighted by Gasteiger charge is -2.51. The zero-order valence-corrected chi connectivity index (χ0v) is 11.9. The summed E-state index contributed by atoms with van der Waals surface area (Å²) in [6.07, 6.45) is -0.330. The van der Waals surface area contributed by atoms with E-state index in [1.165, 1.54) is 0 Å². The van der Waals surface area contributed by atoms with Crippen molar-refractivity contribution in [2.75, 3.05) is 32.8 Å². The molecule has 2 bridgehead atoms. The topological polar surface area (TPSA) is 85.0 Å². The molecular formula is C13H24N2O4. The van der Waals surface area contributed by atoms with Crippen LogP contribution in [-0.2, 0) is 9.47 Å². The third-order valence-corrected chi connectivity index (χ3v) is 3.91. The van der Waals surface area contributed by atoms with Crippen LogP contribution in [-0.4, -0.2) is 60.1 Å². The van der Waals surface area contributed by atoms with Gasteiger partial charge in [-0.05, 0) is 20.8 Å². The number of carbonyl (C=O) groups is 1. The standard InChI is InChI=1S/C13H24N2O4/c1-12(2,3)19-11(16)15-4-9-6-18-7-10(5-15)13(9,17)8-14/h9-10,17H,4-8,14H2,1-3H3. The maximum absolute atomic E-state index is 12.1. The Kier molecular flexibility index (Phi) is 3.77. The number of carbonyl (C=O) groups excluding carboxylic acids is 1. The highest BCUT2D eigenvalue weighted by molar-refractivity contribution is 5.68. The third-order valence-electron chi connectivity index (χ3n) is 3.91. The summed E-state index contributed by atoms with van der Waals surface area (Å²) in [7, 11) is 0. The summed E-state index contributed by atoms with van der Waals surface area (Å²) in [6, 6.07) is 0. The van der Waals surface area contributed by atoms with E-state index in [-0.39, 0.29) is 24.5 Å². The monoisotopic (exact) mass is 272 g/mol. The molecule has 0 aliphatic carbocycles. The fourth-order valence-corrected chi connectivity index (χ4v) is 2.81. The van der Waals surface area contributed by atoms with Crippen molar-refractivity contribution in [2.24, 2.45) is 17.6 Å². The highest BCUT2D eigenvalue weighted by Crippen LogP contribution is 2.36. The first-order valence-corrected chi connectivity index (χ1v) is 6.74. The van der Waals surface area contributed by atoms with Crippen LogP contribution in [0.1, 0.15) is 20.8 Å². The van der Waals surface area contributed by atoms with Gasteiger partial charge in [-0.1, -0.05) is 0 Å². The van der Waals surface area contributed by atoms with E-state index in [9.17, 15) is 9.90 Å². The van der Waals surface area contributed by atoms with Crippen molar-refractivity contribution in [2.45, 2.75) is 32.0 Å². The molecule has 0 aromatic carbocycles. The molecular weight excluding hydrogens is 248 g/mol. The molecule has 0 spiro atoms. The Hall–Kier alpha value is -0.850. The van der Waals surface area contributed by atoms with Crippen LogP contribution in [0.3, 0.4) is 0 Å². The van der Waals surface area contributed by atoms with Crippen molar-refractivity contribution in [3.8, 4) is 0 Å². The maximum Gasteiger partial charge on any atom is 0.410 e. The first kappa shape index (κ1) is 14.6. The number of aliphatic hydroxyl groups is 1. The minimum atomic E-state index is -0.920. The van der Waals surface area contributed by atoms with E-state index in [1.807, 2.05) is 20.8 Å². The molecule has 3 N–H and O–H groups in total. The number of hydrogen-bond donors (Lipinski definition) is 2. The predicted molar refractivity (Wildman–Crippen MR) is 69.6 cm³/mol. The van der Waals surface area contributed by atoms with Crippen molar-refractivity contribution in [3.63, 3.8) is 0 Å². The van der Waals surface area contributed by atoms with Gasteiger partial charge in [0.1, 0.15) is 5.60 Å². The Bertz CT molecular complexity index is 339. The first-order valence-electron chi connectivity index (χ1n) is 6.74. The summed E-state index contributed by atoms with van der Waals surface area (Å²) in [6.45, 7) is 7.46. The number of ether oxygens (including phenoxy) is 2. The largest absolute Gasteiger partial charge is 0.444 e. The van der Waals surface area contributed by atoms with E-state index in [1.54, 1.807) is 4.90 Å². The van der Waals surface area contributed by atoms with Crippen LogP contribution in [0.5, 0.6) is 0 Å². The normalized spacial score (nSPS) is 35.1. The molecule has 2 aliphatic rings. The summed E-state index contributed by atoms with van der Waals surface area (Å²) in [5.41, 5.74) is 4.28. The van der Waals surface area contributed by atoms with E-state index in [0.29, 0.717) is 26.3 Å². The highest BCUT2D eigenvalue weighted by atomic mass is 16.6. The van der Waals surface area contributed by atoms with Crippen LogP contribution in [0, 0.1) is 11.8 Å². The SMILES string of the molecule is CC(C)(C)OC(=O)N1CC2COCC(C1)C2(O)CN. The molecule has 110 valence electrons. The van der Waals surface area contributed by atoms with E-state index in [2.05, 4.69) is 0 Å². The highest BCUT2D eigenvalue weighted by Gasteiger charge is 2.51. The van der Waals surface area contributed by atoms with Gasteiger partial charge in [0.2, 0.25) is 0 Å². The van der Waals surface area contributed by atoms with E-state index in [0.717, 1.165) is 0 Å². The second kappa shape index (κ2) is 4.92. The van der Waals surface area contributed by atoms with Gasteiger partial charge in [-0.25, -0.2) is 4.79 Å². The van der Waals surface area contributed by atoms with E-state index < -0.39 is 11.2 Å². The van der Waals surface area contributed by atoms with Crippen molar-refractivity contribution < 1.29 is 19.4 Å². The van der Waals surface area contributed by atoms with Gasteiger partial charge in [0.15, 0.2) is 0 Å². The van der Waals surface area contributed by atoms with Gasteiger partial charge in [0, 0.05) is 31.5 Å². The maximum atomic E-state index is 12.1. The molecule has 0 saturated carbocycles. The molecule has 2 fully saturated rings. The van der Waals surface area contributed by atoms with Crippen LogP contribution < -0.4 is 5.73 Å². The quantitative estimate of drug-likeness (QED) is 0.712. The molecule has 0 radical (unpaired) electrons. The number of amides is 1. The third kappa shape index (κ3) is 2.85. The van der Waals surface area contributed by atoms with Gasteiger partial charge in [0.05, 0.1) is 18.8 Å². The first-order chi connectivity index (χ1) is 8.76. The number of piperidine rings is 1. The Labute approximate surface area is 113 Å². The van der Waals surface area contributed by atoms with Crippen LogP contribution >= 0.6 is 0 Å². The molecule has 19 heavy (non-hydrogen) atoms. The fraction of sp³-hybridized carbons (Fsp3) is 0.923. The van der Waals surface area contributed by atoms with Gasteiger partial charge in [-0.15, -0.1) is 0 Å². The Morgan fingerprint density at radius 1 is 1.42 bits per heavy atom. The lowest BCUT2D eigenvalue weighted by atomic mass is 9.72. The van der Waals surface area contributed by atoms with Crippen molar-refractivity contribution in [3.05, 3.63) is 0 Å². The van der Waals surface area contributed by atoms with Gasteiger partial charge in [-0.3, -0.25) is 0 Å². The summed E-state index contributed by atoms with van der Waals surface area (Å²) in [5, 5.41) is 10.6. The summed E-state index contributed by atoms with van der Waals surface area (Å²) in [5.74, 6) is -0.282. The zero-order chi connectivity index (χ0) is 14.3. The number of fused-ring (bicyclic) bond motifs is 2. The molecule has 6 heteroatoms. The average molecular weight is 272 g/mol. The van der Waals surface area contributed by atoms with Gasteiger partial charge < -0.3 is 25.2 Å². The number of nitrogens with two attached hydrogens (primary N) is 1. The smallest absolute Gasteiger partial charge is 0.410 e. The van der Waals surface area contributed by atoms with Crippen LogP contribution in [0.15, 0.2) is 0 Å². The number of rotatable bonds is 1. The van der Waals surface area contributed by atoms with Gasteiger partial charge in [-0.2, -0.15) is 0 Å². The van der Waals surface area contributed by atoms with Gasteiger partial charge >= 0.3 is 6.09 Å². The Morgan fingerprint density at radius 3 is 2.37 bits per heavy atom. The molecule has 2 rings (SSSR count).